The Morgan fingerprint density at radius 2 is 1.83 bits per heavy atom. The summed E-state index contributed by atoms with van der Waals surface area (Å²) in [6.45, 7) is 2.72. The van der Waals surface area contributed by atoms with Crippen molar-refractivity contribution in [3.8, 4) is 5.75 Å². The van der Waals surface area contributed by atoms with Crippen LogP contribution in [0.2, 0.25) is 5.02 Å². The first kappa shape index (κ1) is 32.8. The quantitative estimate of drug-likeness (QED) is 0.117. The zero-order valence-electron chi connectivity index (χ0n) is 23.8. The largest absolute Gasteiger partial charge is 0.489 e. The van der Waals surface area contributed by atoms with Gasteiger partial charge in [-0.05, 0) is 67.1 Å². The minimum Gasteiger partial charge on any atom is -0.489 e. The summed E-state index contributed by atoms with van der Waals surface area (Å²) in [5.41, 5.74) is 1.12. The summed E-state index contributed by atoms with van der Waals surface area (Å²) in [7, 11) is 1.52. The second kappa shape index (κ2) is 17.9. The smallest absolute Gasteiger partial charge is 0.407 e. The summed E-state index contributed by atoms with van der Waals surface area (Å²) in [4.78, 5) is 14.4. The number of unbranched alkanes of at least 4 members (excludes halogenated alkanes) is 1. The van der Waals surface area contributed by atoms with Crippen molar-refractivity contribution in [3.05, 3.63) is 88.9 Å². The van der Waals surface area contributed by atoms with Crippen molar-refractivity contribution in [3.63, 3.8) is 0 Å². The molecule has 0 aromatic heterocycles. The van der Waals surface area contributed by atoms with Gasteiger partial charge < -0.3 is 29.4 Å². The maximum Gasteiger partial charge on any atom is 0.407 e. The van der Waals surface area contributed by atoms with E-state index in [1.807, 2.05) is 79.7 Å². The van der Waals surface area contributed by atoms with Crippen LogP contribution < -0.4 is 10.1 Å². The highest BCUT2D eigenvalue weighted by atomic mass is 35.5. The first-order valence-corrected chi connectivity index (χ1v) is 15.0. The van der Waals surface area contributed by atoms with Crippen molar-refractivity contribution in [2.45, 2.75) is 61.0 Å². The zero-order valence-corrected chi connectivity index (χ0v) is 25.3. The Kier molecular flexibility index (Phi) is 14.3. The summed E-state index contributed by atoms with van der Waals surface area (Å²) in [5.74, 6) is 0.811. The van der Waals surface area contributed by atoms with Crippen LogP contribution in [0.25, 0.3) is 0 Å². The van der Waals surface area contributed by atoms with Crippen LogP contribution in [0.1, 0.15) is 43.7 Å². The van der Waals surface area contributed by atoms with E-state index in [2.05, 4.69) is 5.32 Å². The number of aliphatic hydroxyl groups excluding tert-OH is 1. The third-order valence-corrected chi connectivity index (χ3v) is 7.73. The molecule has 222 valence electrons. The number of benzene rings is 3. The van der Waals surface area contributed by atoms with E-state index in [-0.39, 0.29) is 20.0 Å². The first-order valence-electron chi connectivity index (χ1n) is 13.8. The number of amides is 1. The number of rotatable bonds is 18. The Bertz CT molecular complexity index is 1200. The van der Waals surface area contributed by atoms with Gasteiger partial charge in [0.25, 0.3) is 0 Å². The van der Waals surface area contributed by atoms with Gasteiger partial charge in [0.1, 0.15) is 19.1 Å². The molecule has 1 unspecified atom stereocenters. The van der Waals surface area contributed by atoms with Crippen LogP contribution in [-0.4, -0.2) is 50.5 Å². The van der Waals surface area contributed by atoms with Crippen molar-refractivity contribution >= 4 is 29.5 Å². The molecular weight excluding hydrogens is 562 g/mol. The van der Waals surface area contributed by atoms with E-state index in [1.54, 1.807) is 11.8 Å². The summed E-state index contributed by atoms with van der Waals surface area (Å²) >= 11 is 8.28. The van der Waals surface area contributed by atoms with Gasteiger partial charge in [-0.15, -0.1) is 0 Å². The van der Waals surface area contributed by atoms with Gasteiger partial charge in [-0.25, -0.2) is 4.79 Å². The fourth-order valence-electron chi connectivity index (χ4n) is 4.13. The average molecular weight is 602 g/mol. The number of carbonyl (C=O) groups excluding carboxylic acids is 1. The van der Waals surface area contributed by atoms with Crippen LogP contribution in [0, 0.1) is 0 Å². The molecule has 1 amide bonds. The summed E-state index contributed by atoms with van der Waals surface area (Å²) in [6.07, 6.45) is 2.94. The van der Waals surface area contributed by atoms with Crippen LogP contribution in [0.5, 0.6) is 5.75 Å². The van der Waals surface area contributed by atoms with Gasteiger partial charge in [-0.2, -0.15) is 0 Å². The molecule has 3 aromatic carbocycles. The molecule has 0 bridgehead atoms. The molecule has 0 aliphatic carbocycles. The molecule has 0 aliphatic rings. The van der Waals surface area contributed by atoms with E-state index in [0.717, 1.165) is 39.5 Å². The van der Waals surface area contributed by atoms with Crippen LogP contribution in [0.3, 0.4) is 0 Å². The molecule has 0 heterocycles. The van der Waals surface area contributed by atoms with E-state index >= 15 is 0 Å². The van der Waals surface area contributed by atoms with Crippen LogP contribution in [0.15, 0.2) is 82.6 Å². The lowest BCUT2D eigenvalue weighted by molar-refractivity contribution is -0.0631. The predicted octanol–water partition coefficient (Wildman–Crippen LogP) is 7.27. The van der Waals surface area contributed by atoms with Gasteiger partial charge in [-0.3, -0.25) is 0 Å². The molecule has 3 aromatic rings. The number of hydrogen-bond donors (Lipinski definition) is 2. The molecule has 0 saturated heterocycles. The Balaban J connectivity index is 1.56. The number of aliphatic hydroxyl groups is 1. The number of carbonyl (C=O) groups is 1. The molecule has 0 saturated carbocycles. The number of halogens is 1. The number of aryl methyl sites for hydroxylation is 1. The number of nitrogens with one attached hydrogen (secondary N) is 1. The van der Waals surface area contributed by atoms with Gasteiger partial charge >= 0.3 is 6.09 Å². The van der Waals surface area contributed by atoms with E-state index in [9.17, 15) is 9.90 Å². The lowest BCUT2D eigenvalue weighted by atomic mass is 9.93. The average Bonchev–Trinajstić information content (AvgIpc) is 2.98. The first-order chi connectivity index (χ1) is 20.0. The lowest BCUT2D eigenvalue weighted by Gasteiger charge is -2.32. The van der Waals surface area contributed by atoms with Gasteiger partial charge in [0, 0.05) is 21.9 Å². The molecule has 0 radical (unpaired) electrons. The number of ether oxygens (including phenoxy) is 4. The second-order valence-electron chi connectivity index (χ2n) is 9.77. The number of alkyl carbamates (subject to hydrolysis) is 1. The Hall–Kier alpha value is -2.75. The van der Waals surface area contributed by atoms with Crippen LogP contribution >= 0.6 is 23.4 Å². The highest BCUT2D eigenvalue weighted by molar-refractivity contribution is 7.99. The van der Waals surface area contributed by atoms with Gasteiger partial charge in [0.15, 0.2) is 0 Å². The fraction of sp³-hybridized carbons (Fsp3) is 0.406. The SMILES string of the molecule is CCCCOC(=O)NC(CO)(CCCc1ccc(Sc2cccc(OCc3ccccc3)c2)cc1Cl)COCOC. The van der Waals surface area contributed by atoms with E-state index in [0.29, 0.717) is 37.5 Å². The normalized spacial score (nSPS) is 12.5. The van der Waals surface area contributed by atoms with Gasteiger partial charge in [-0.1, -0.05) is 79.2 Å². The minimum absolute atomic E-state index is 0.0569. The van der Waals surface area contributed by atoms with Crippen LogP contribution in [-0.2, 0) is 27.2 Å². The zero-order chi connectivity index (χ0) is 29.3. The van der Waals surface area contributed by atoms with Gasteiger partial charge in [0.05, 0.1) is 25.4 Å². The maximum atomic E-state index is 12.4. The molecule has 0 spiro atoms. The van der Waals surface area contributed by atoms with Crippen molar-refractivity contribution in [1.82, 2.24) is 5.32 Å². The Labute approximate surface area is 252 Å². The molecule has 2 N–H and O–H groups in total. The molecule has 7 nitrogen and oxygen atoms in total. The Morgan fingerprint density at radius 1 is 1.02 bits per heavy atom. The number of hydrogen-bond acceptors (Lipinski definition) is 7. The van der Waals surface area contributed by atoms with E-state index < -0.39 is 11.6 Å². The summed E-state index contributed by atoms with van der Waals surface area (Å²) in [6, 6.07) is 24.1. The summed E-state index contributed by atoms with van der Waals surface area (Å²) < 4.78 is 21.7. The standard InChI is InChI=1S/C32H40ClNO6S/c1-3-4-18-39-31(36)34-32(22-35,23-38-24-37-2)17-9-12-26-15-16-29(20-30(26)33)41-28-14-8-13-27(19-28)40-21-25-10-6-5-7-11-25/h5-8,10-11,13-16,19-20,35H,3-4,9,12,17-18,21-24H2,1-2H3,(H,34,36). The third kappa shape index (κ3) is 11.6. The van der Waals surface area contributed by atoms with Crippen molar-refractivity contribution in [1.29, 1.82) is 0 Å². The molecule has 9 heteroatoms. The van der Waals surface area contributed by atoms with E-state index in [1.165, 1.54) is 7.11 Å². The van der Waals surface area contributed by atoms with Crippen molar-refractivity contribution in [2.75, 3.05) is 33.7 Å². The van der Waals surface area contributed by atoms with Crippen molar-refractivity contribution in [2.24, 2.45) is 0 Å². The monoisotopic (exact) mass is 601 g/mol. The molecular formula is C32H40ClNO6S. The maximum absolute atomic E-state index is 12.4. The molecule has 41 heavy (non-hydrogen) atoms. The molecule has 3 rings (SSSR count). The molecule has 0 aliphatic heterocycles. The summed E-state index contributed by atoms with van der Waals surface area (Å²) in [5, 5.41) is 13.7. The van der Waals surface area contributed by atoms with Crippen LogP contribution in [0.4, 0.5) is 4.79 Å². The van der Waals surface area contributed by atoms with Crippen molar-refractivity contribution < 1.29 is 28.8 Å². The minimum atomic E-state index is -0.988. The molecule has 1 atom stereocenters. The molecule has 0 fully saturated rings. The van der Waals surface area contributed by atoms with Gasteiger partial charge in [0.2, 0.25) is 0 Å². The third-order valence-electron chi connectivity index (χ3n) is 6.40. The topological polar surface area (TPSA) is 86.3 Å². The Morgan fingerprint density at radius 3 is 2.56 bits per heavy atom. The fourth-order valence-corrected chi connectivity index (χ4v) is 5.38. The van der Waals surface area contributed by atoms with E-state index in [4.69, 9.17) is 30.5 Å². The predicted molar refractivity (Wildman–Crippen MR) is 163 cm³/mol. The highest BCUT2D eigenvalue weighted by Gasteiger charge is 2.32. The second-order valence-corrected chi connectivity index (χ2v) is 11.3. The lowest BCUT2D eigenvalue weighted by Crippen LogP contribution is -2.55. The highest BCUT2D eigenvalue weighted by Crippen LogP contribution is 2.33. The number of methoxy groups -OCH3 is 1.